The summed E-state index contributed by atoms with van der Waals surface area (Å²) in [6.45, 7) is 2.08. The highest BCUT2D eigenvalue weighted by Crippen LogP contribution is 2.38. The number of hydrogen-bond acceptors (Lipinski definition) is 2. The summed E-state index contributed by atoms with van der Waals surface area (Å²) in [7, 11) is -1.12. The largest absolute Gasteiger partial charge is 0.305 e. The zero-order chi connectivity index (χ0) is 16.2. The lowest BCUT2D eigenvalue weighted by atomic mass is 9.98. The lowest BCUT2D eigenvalue weighted by Crippen LogP contribution is -2.03. The monoisotopic (exact) mass is 314 g/mol. The predicted octanol–water partition coefficient (Wildman–Crippen LogP) is 4.34. The molecule has 4 nitrogen and oxygen atoms in total. The van der Waals surface area contributed by atoms with Crippen molar-refractivity contribution in [1.29, 1.82) is 0 Å². The molecule has 2 aromatic carbocycles. The maximum Gasteiger partial charge on any atom is 0.189 e. The highest BCUT2D eigenvalue weighted by molar-refractivity contribution is 8.31. The quantitative estimate of drug-likeness (QED) is 0.296. The Morgan fingerprint density at radius 2 is 1.59 bits per heavy atom. The molecule has 0 radical (unpaired) electrons. The Morgan fingerprint density at radius 3 is 2.18 bits per heavy atom. The molecule has 0 heterocycles. The normalized spacial score (nSPS) is 13.5. The van der Waals surface area contributed by atoms with E-state index in [4.69, 9.17) is 10.2 Å². The van der Waals surface area contributed by atoms with E-state index in [0.717, 1.165) is 16.7 Å². The van der Waals surface area contributed by atoms with Crippen LogP contribution >= 0.6 is 10.2 Å². The van der Waals surface area contributed by atoms with Crippen LogP contribution in [-0.2, 0) is 0 Å². The first-order valence-electron chi connectivity index (χ1n) is 6.96. The van der Waals surface area contributed by atoms with Gasteiger partial charge in [0.05, 0.1) is 0 Å². The van der Waals surface area contributed by atoms with Gasteiger partial charge in [-0.25, -0.2) is 4.40 Å². The number of aryl methyl sites for hydroxylation is 1. The topological polar surface area (TPSA) is 63.1 Å². The average Bonchev–Trinajstić information content (AvgIpc) is 2.46. The summed E-state index contributed by atoms with van der Waals surface area (Å²) in [5.41, 5.74) is 4.39. The molecule has 0 aliphatic rings. The lowest BCUT2D eigenvalue weighted by molar-refractivity contribution is 1.08. The van der Waals surface area contributed by atoms with Crippen molar-refractivity contribution < 1.29 is 0 Å². The van der Waals surface area contributed by atoms with E-state index in [-0.39, 0.29) is 0 Å². The number of hydrogen-bond donors (Lipinski definition) is 1. The van der Waals surface area contributed by atoms with Crippen molar-refractivity contribution >= 4 is 16.0 Å². The molecule has 0 spiro atoms. The Bertz CT molecular complexity index is 697. The van der Waals surface area contributed by atoms with Gasteiger partial charge < -0.3 is 5.84 Å². The summed E-state index contributed by atoms with van der Waals surface area (Å²) in [5.74, 6) is 5.87. The minimum atomic E-state index is -1.12. The van der Waals surface area contributed by atoms with Crippen LogP contribution in [-0.4, -0.2) is 24.6 Å². The second-order valence-electron chi connectivity index (χ2n) is 5.81. The van der Waals surface area contributed by atoms with Crippen LogP contribution in [0.3, 0.4) is 0 Å². The first kappa shape index (κ1) is 16.2. The van der Waals surface area contributed by atoms with Crippen molar-refractivity contribution in [2.24, 2.45) is 20.6 Å². The average molecular weight is 314 g/mol. The molecule has 0 aliphatic carbocycles. The third-order valence-corrected chi connectivity index (χ3v) is 3.76. The van der Waals surface area contributed by atoms with Crippen LogP contribution in [0, 0.1) is 6.92 Å². The van der Waals surface area contributed by atoms with E-state index in [1.807, 2.05) is 18.2 Å². The van der Waals surface area contributed by atoms with Gasteiger partial charge in [-0.3, -0.25) is 0 Å². The highest BCUT2D eigenvalue weighted by atomic mass is 32.3. The summed E-state index contributed by atoms with van der Waals surface area (Å²) in [6.07, 6.45) is 6.31. The molecule has 116 valence electrons. The summed E-state index contributed by atoms with van der Waals surface area (Å²) < 4.78 is 4.73. The highest BCUT2D eigenvalue weighted by Gasteiger charge is 2.13. The van der Waals surface area contributed by atoms with Crippen LogP contribution in [0.4, 0.5) is 0 Å². The van der Waals surface area contributed by atoms with E-state index in [1.165, 1.54) is 5.56 Å². The van der Waals surface area contributed by atoms with E-state index in [1.54, 1.807) is 0 Å². The molecule has 0 aromatic heterocycles. The van der Waals surface area contributed by atoms with Crippen molar-refractivity contribution in [3.63, 3.8) is 0 Å². The minimum absolute atomic E-state index is 0.584. The Morgan fingerprint density at radius 1 is 0.955 bits per heavy atom. The summed E-state index contributed by atoms with van der Waals surface area (Å²) in [6, 6.07) is 16.5. The maximum absolute atomic E-state index is 5.28. The number of rotatable bonds is 3. The fourth-order valence-electron chi connectivity index (χ4n) is 2.10. The van der Waals surface area contributed by atoms with Crippen LogP contribution in [0.1, 0.15) is 11.1 Å². The number of benzene rings is 2. The van der Waals surface area contributed by atoms with Crippen molar-refractivity contribution in [3.8, 4) is 11.1 Å². The number of nitrogens with two attached hydrogens (primary N) is 1. The first-order valence-corrected chi connectivity index (χ1v) is 9.78. The van der Waals surface area contributed by atoms with Gasteiger partial charge in [-0.15, -0.1) is 5.11 Å². The van der Waals surface area contributed by atoms with Gasteiger partial charge in [0, 0.05) is 5.56 Å². The van der Waals surface area contributed by atoms with Crippen LogP contribution < -0.4 is 5.84 Å². The van der Waals surface area contributed by atoms with Crippen LogP contribution in [0.2, 0.25) is 0 Å². The van der Waals surface area contributed by atoms with Gasteiger partial charge in [-0.2, -0.15) is 10.2 Å². The Balaban J connectivity index is 2.60. The lowest BCUT2D eigenvalue weighted by Gasteiger charge is -2.20. The standard InChI is InChI=1S/C17H22N4S/c1-13-9-11-14(12-10-13)15-7-5-6-8-16(15)17(19-21-18)20-22(2,3)4/h5-12H,1-4H3,(H2,18,19,20). The van der Waals surface area contributed by atoms with Crippen molar-refractivity contribution in [1.82, 2.24) is 0 Å². The Kier molecular flexibility index (Phi) is 4.98. The van der Waals surface area contributed by atoms with E-state index in [0.29, 0.717) is 5.84 Å². The summed E-state index contributed by atoms with van der Waals surface area (Å²) in [5, 5.41) is 7.51. The minimum Gasteiger partial charge on any atom is -0.305 e. The molecule has 0 atom stereocenters. The number of amidine groups is 1. The van der Waals surface area contributed by atoms with Crippen molar-refractivity contribution in [3.05, 3.63) is 59.7 Å². The van der Waals surface area contributed by atoms with Crippen molar-refractivity contribution in [2.45, 2.75) is 6.92 Å². The molecule has 2 N–H and O–H groups in total. The molecule has 2 rings (SSSR count). The molecule has 2 aromatic rings. The molecule has 0 saturated carbocycles. The zero-order valence-electron chi connectivity index (χ0n) is 13.4. The fraction of sp³-hybridized carbons (Fsp3) is 0.235. The second kappa shape index (κ2) is 6.75. The molecule has 0 aliphatic heterocycles. The third kappa shape index (κ3) is 4.18. The third-order valence-electron chi connectivity index (χ3n) is 3.04. The Hall–Kier alpha value is -2.14. The second-order valence-corrected chi connectivity index (χ2v) is 9.54. The number of nitrogens with zero attached hydrogens (tertiary/aromatic N) is 3. The molecular weight excluding hydrogens is 292 g/mol. The van der Waals surface area contributed by atoms with Crippen LogP contribution in [0.5, 0.6) is 0 Å². The van der Waals surface area contributed by atoms with Gasteiger partial charge in [0.25, 0.3) is 0 Å². The SMILES string of the molecule is Cc1ccc(-c2ccccc2/C(N=NN)=N\S(C)(C)C)cc1. The van der Waals surface area contributed by atoms with Crippen molar-refractivity contribution in [2.75, 3.05) is 18.8 Å². The summed E-state index contributed by atoms with van der Waals surface area (Å²) >= 11 is 0. The van der Waals surface area contributed by atoms with E-state index in [9.17, 15) is 0 Å². The van der Waals surface area contributed by atoms with Gasteiger partial charge in [0.2, 0.25) is 0 Å². The molecule has 0 saturated heterocycles. The van der Waals surface area contributed by atoms with E-state index >= 15 is 0 Å². The van der Waals surface area contributed by atoms with Gasteiger partial charge in [-0.1, -0.05) is 59.3 Å². The van der Waals surface area contributed by atoms with Gasteiger partial charge in [0.15, 0.2) is 5.84 Å². The Labute approximate surface area is 133 Å². The predicted molar refractivity (Wildman–Crippen MR) is 97.6 cm³/mol. The van der Waals surface area contributed by atoms with E-state index in [2.05, 4.69) is 66.4 Å². The smallest absolute Gasteiger partial charge is 0.189 e. The molecule has 0 amide bonds. The van der Waals surface area contributed by atoms with Crippen LogP contribution in [0.25, 0.3) is 11.1 Å². The fourth-order valence-corrected chi connectivity index (χ4v) is 2.75. The van der Waals surface area contributed by atoms with Crippen LogP contribution in [0.15, 0.2) is 63.3 Å². The molecule has 0 unspecified atom stereocenters. The molecule has 0 fully saturated rings. The van der Waals surface area contributed by atoms with E-state index < -0.39 is 10.2 Å². The molecule has 5 heteroatoms. The van der Waals surface area contributed by atoms with Gasteiger partial charge in [0.1, 0.15) is 0 Å². The molecule has 0 bridgehead atoms. The van der Waals surface area contributed by atoms with Gasteiger partial charge >= 0.3 is 0 Å². The zero-order valence-corrected chi connectivity index (χ0v) is 14.3. The summed E-state index contributed by atoms with van der Waals surface area (Å²) in [4.78, 5) is 0. The maximum atomic E-state index is 5.28. The van der Waals surface area contributed by atoms with Gasteiger partial charge in [-0.05, 0) is 36.8 Å². The first-order chi connectivity index (χ1) is 10.4. The molecule has 22 heavy (non-hydrogen) atoms. The molecular formula is C17H22N4S.